The molecule has 0 amide bonds. The van der Waals surface area contributed by atoms with Gasteiger partial charge in [-0.05, 0) is 36.8 Å². The number of aryl methyl sites for hydroxylation is 1. The fourth-order valence-corrected chi connectivity index (χ4v) is 4.40. The molecular weight excluding hydrogens is 276 g/mol. The summed E-state index contributed by atoms with van der Waals surface area (Å²) < 4.78 is 1.19. The number of thiazole rings is 1. The third-order valence-electron chi connectivity index (χ3n) is 3.47. The van der Waals surface area contributed by atoms with Crippen molar-refractivity contribution in [3.8, 4) is 10.6 Å². The number of pyridine rings is 1. The normalized spacial score (nSPS) is 18.7. The highest BCUT2D eigenvalue weighted by atomic mass is 32.1. The molecule has 3 aromatic heterocycles. The van der Waals surface area contributed by atoms with E-state index in [1.807, 2.05) is 12.3 Å². The van der Waals surface area contributed by atoms with Crippen molar-refractivity contribution >= 4 is 32.9 Å². The van der Waals surface area contributed by atoms with Crippen molar-refractivity contribution in [3.05, 3.63) is 34.3 Å². The van der Waals surface area contributed by atoms with Crippen LogP contribution in [0.5, 0.6) is 0 Å². The molecule has 0 aliphatic heterocycles. The van der Waals surface area contributed by atoms with Crippen LogP contribution in [0.25, 0.3) is 20.8 Å². The number of thiophene rings is 1. The minimum Gasteiger partial charge on any atom is -0.387 e. The van der Waals surface area contributed by atoms with Gasteiger partial charge in [0.1, 0.15) is 5.01 Å². The SMILES string of the molecule is OC1CCCc2sc(-c3cnc4ccsc4c3)nc21. The van der Waals surface area contributed by atoms with Gasteiger partial charge in [-0.3, -0.25) is 4.98 Å². The average molecular weight is 288 g/mol. The summed E-state index contributed by atoms with van der Waals surface area (Å²) in [4.78, 5) is 10.3. The number of rotatable bonds is 1. The number of aliphatic hydroxyl groups is 1. The minimum absolute atomic E-state index is 0.382. The fourth-order valence-electron chi connectivity index (χ4n) is 2.48. The predicted octanol–water partition coefficient (Wildman–Crippen LogP) is 3.79. The summed E-state index contributed by atoms with van der Waals surface area (Å²) in [5.41, 5.74) is 2.98. The number of aromatic nitrogens is 2. The molecule has 0 fully saturated rings. The Morgan fingerprint density at radius 1 is 1.37 bits per heavy atom. The van der Waals surface area contributed by atoms with Crippen molar-refractivity contribution in [3.63, 3.8) is 0 Å². The zero-order valence-electron chi connectivity index (χ0n) is 10.2. The Balaban J connectivity index is 1.83. The molecule has 19 heavy (non-hydrogen) atoms. The first-order valence-electron chi connectivity index (χ1n) is 6.32. The van der Waals surface area contributed by atoms with Crippen LogP contribution in [0.3, 0.4) is 0 Å². The van der Waals surface area contributed by atoms with E-state index < -0.39 is 0 Å². The van der Waals surface area contributed by atoms with Crippen LogP contribution in [0.1, 0.15) is 29.5 Å². The van der Waals surface area contributed by atoms with Gasteiger partial charge in [0, 0.05) is 16.6 Å². The summed E-state index contributed by atoms with van der Waals surface area (Å²) in [5.74, 6) is 0. The van der Waals surface area contributed by atoms with Crippen LogP contribution < -0.4 is 0 Å². The largest absolute Gasteiger partial charge is 0.387 e. The molecule has 3 heterocycles. The maximum atomic E-state index is 9.99. The van der Waals surface area contributed by atoms with Crippen molar-refractivity contribution in [2.45, 2.75) is 25.4 Å². The van der Waals surface area contributed by atoms with Gasteiger partial charge in [-0.15, -0.1) is 22.7 Å². The Morgan fingerprint density at radius 3 is 3.21 bits per heavy atom. The summed E-state index contributed by atoms with van der Waals surface area (Å²) in [7, 11) is 0. The molecule has 0 aromatic carbocycles. The van der Waals surface area contributed by atoms with Gasteiger partial charge >= 0.3 is 0 Å². The zero-order valence-corrected chi connectivity index (χ0v) is 11.8. The van der Waals surface area contributed by atoms with E-state index in [1.54, 1.807) is 22.7 Å². The molecule has 1 N–H and O–H groups in total. The van der Waals surface area contributed by atoms with Gasteiger partial charge in [0.25, 0.3) is 0 Å². The Bertz CT molecular complexity index is 747. The highest BCUT2D eigenvalue weighted by molar-refractivity contribution is 7.17. The van der Waals surface area contributed by atoms with E-state index in [4.69, 9.17) is 0 Å². The van der Waals surface area contributed by atoms with E-state index in [1.165, 1.54) is 9.58 Å². The van der Waals surface area contributed by atoms with Gasteiger partial charge in [-0.25, -0.2) is 4.98 Å². The second-order valence-corrected chi connectivity index (χ2v) is 6.79. The molecule has 1 atom stereocenters. The molecule has 1 aliphatic carbocycles. The Labute approximate surface area is 118 Å². The number of fused-ring (bicyclic) bond motifs is 2. The second kappa shape index (κ2) is 4.37. The summed E-state index contributed by atoms with van der Waals surface area (Å²) in [5, 5.41) is 13.0. The third kappa shape index (κ3) is 1.89. The lowest BCUT2D eigenvalue weighted by molar-refractivity contribution is 0.153. The van der Waals surface area contributed by atoms with E-state index in [2.05, 4.69) is 21.4 Å². The number of hydrogen-bond acceptors (Lipinski definition) is 5. The van der Waals surface area contributed by atoms with Gasteiger partial charge in [0.15, 0.2) is 0 Å². The summed E-state index contributed by atoms with van der Waals surface area (Å²) in [6.45, 7) is 0. The minimum atomic E-state index is -0.382. The van der Waals surface area contributed by atoms with Crippen molar-refractivity contribution in [1.29, 1.82) is 0 Å². The predicted molar refractivity (Wildman–Crippen MR) is 78.6 cm³/mol. The molecule has 5 heteroatoms. The summed E-state index contributed by atoms with van der Waals surface area (Å²) in [6.07, 6.45) is 4.42. The Kier molecular flexibility index (Phi) is 2.65. The maximum Gasteiger partial charge on any atom is 0.125 e. The molecule has 0 spiro atoms. The van der Waals surface area contributed by atoms with Gasteiger partial charge in [0.05, 0.1) is 22.0 Å². The van der Waals surface area contributed by atoms with Gasteiger partial charge in [0.2, 0.25) is 0 Å². The van der Waals surface area contributed by atoms with Crippen LogP contribution in [-0.4, -0.2) is 15.1 Å². The molecule has 3 nitrogen and oxygen atoms in total. The molecule has 0 radical (unpaired) electrons. The first kappa shape index (κ1) is 11.5. The molecule has 1 aliphatic rings. The van der Waals surface area contributed by atoms with Crippen molar-refractivity contribution in [1.82, 2.24) is 9.97 Å². The lowest BCUT2D eigenvalue weighted by atomic mass is 10.0. The van der Waals surface area contributed by atoms with Crippen molar-refractivity contribution in [2.24, 2.45) is 0 Å². The van der Waals surface area contributed by atoms with E-state index >= 15 is 0 Å². The smallest absolute Gasteiger partial charge is 0.125 e. The quantitative estimate of drug-likeness (QED) is 0.741. The van der Waals surface area contributed by atoms with Gasteiger partial charge < -0.3 is 5.11 Å². The van der Waals surface area contributed by atoms with Crippen LogP contribution in [0.15, 0.2) is 23.7 Å². The Hall–Kier alpha value is -1.30. The number of aliphatic hydroxyl groups excluding tert-OH is 1. The van der Waals surface area contributed by atoms with Gasteiger partial charge in [-0.2, -0.15) is 0 Å². The molecule has 1 unspecified atom stereocenters. The highest BCUT2D eigenvalue weighted by Gasteiger charge is 2.23. The second-order valence-electron chi connectivity index (χ2n) is 4.76. The Morgan fingerprint density at radius 2 is 2.32 bits per heavy atom. The standard InChI is InChI=1S/C14H12N2OS2/c17-10-2-1-3-11-13(10)16-14(19-11)8-6-12-9(15-7-8)4-5-18-12/h4-7,10,17H,1-3H2. The summed E-state index contributed by atoms with van der Waals surface area (Å²) >= 11 is 3.39. The first-order chi connectivity index (χ1) is 9.31. The lowest BCUT2D eigenvalue weighted by Gasteiger charge is -2.14. The molecule has 0 saturated heterocycles. The van der Waals surface area contributed by atoms with E-state index in [0.717, 1.165) is 41.0 Å². The highest BCUT2D eigenvalue weighted by Crippen LogP contribution is 2.37. The number of nitrogens with zero attached hydrogens (tertiary/aromatic N) is 2. The fraction of sp³-hybridized carbons (Fsp3) is 0.286. The van der Waals surface area contributed by atoms with Crippen LogP contribution in [0.4, 0.5) is 0 Å². The lowest BCUT2D eigenvalue weighted by Crippen LogP contribution is -2.07. The van der Waals surface area contributed by atoms with Crippen LogP contribution in [0, 0.1) is 0 Å². The van der Waals surface area contributed by atoms with Crippen LogP contribution in [-0.2, 0) is 6.42 Å². The van der Waals surface area contributed by atoms with E-state index in [9.17, 15) is 5.11 Å². The average Bonchev–Trinajstić information content (AvgIpc) is 3.04. The monoisotopic (exact) mass is 288 g/mol. The molecular formula is C14H12N2OS2. The molecule has 96 valence electrons. The zero-order chi connectivity index (χ0) is 12.8. The molecule has 0 bridgehead atoms. The first-order valence-corrected chi connectivity index (χ1v) is 8.02. The van der Waals surface area contributed by atoms with Crippen LogP contribution in [0.2, 0.25) is 0 Å². The molecule has 3 aromatic rings. The molecule has 4 rings (SSSR count). The van der Waals surface area contributed by atoms with Crippen molar-refractivity contribution < 1.29 is 5.11 Å². The third-order valence-corrected chi connectivity index (χ3v) is 5.51. The van der Waals surface area contributed by atoms with Crippen molar-refractivity contribution in [2.75, 3.05) is 0 Å². The number of hydrogen-bond donors (Lipinski definition) is 1. The van der Waals surface area contributed by atoms with E-state index in [-0.39, 0.29) is 6.10 Å². The van der Waals surface area contributed by atoms with Crippen LogP contribution >= 0.6 is 22.7 Å². The molecule has 0 saturated carbocycles. The van der Waals surface area contributed by atoms with E-state index in [0.29, 0.717) is 0 Å². The topological polar surface area (TPSA) is 46.0 Å². The maximum absolute atomic E-state index is 9.99. The summed E-state index contributed by atoms with van der Waals surface area (Å²) in [6, 6.07) is 4.17. The van der Waals surface area contributed by atoms with Gasteiger partial charge in [-0.1, -0.05) is 0 Å².